The summed E-state index contributed by atoms with van der Waals surface area (Å²) in [6.45, 7) is 6.36. The Bertz CT molecular complexity index is 528. The highest BCUT2D eigenvalue weighted by Gasteiger charge is 2.18. The summed E-state index contributed by atoms with van der Waals surface area (Å²) in [5.74, 6) is -0.461. The van der Waals surface area contributed by atoms with Crippen LogP contribution in [0.15, 0.2) is 24.3 Å². The first-order chi connectivity index (χ1) is 11.4. The zero-order valence-corrected chi connectivity index (χ0v) is 15.5. The van der Waals surface area contributed by atoms with Crippen LogP contribution < -0.4 is 0 Å². The zero-order chi connectivity index (χ0) is 17.9. The molecule has 0 spiro atoms. The van der Waals surface area contributed by atoms with Gasteiger partial charge in [-0.3, -0.25) is 9.59 Å². The lowest BCUT2D eigenvalue weighted by Gasteiger charge is -2.20. The summed E-state index contributed by atoms with van der Waals surface area (Å²) >= 11 is 6.04. The van der Waals surface area contributed by atoms with Gasteiger partial charge < -0.3 is 9.47 Å². The third-order valence-corrected chi connectivity index (χ3v) is 4.09. The molecule has 0 fully saturated rings. The molecular weight excluding hydrogens is 328 g/mol. The third kappa shape index (κ3) is 7.82. The van der Waals surface area contributed by atoms with Crippen molar-refractivity contribution in [2.75, 3.05) is 6.61 Å². The number of hydrogen-bond donors (Lipinski definition) is 0. The van der Waals surface area contributed by atoms with Crippen molar-refractivity contribution >= 4 is 23.5 Å². The van der Waals surface area contributed by atoms with Gasteiger partial charge in [-0.1, -0.05) is 57.0 Å². The maximum atomic E-state index is 11.8. The van der Waals surface area contributed by atoms with Crippen molar-refractivity contribution in [2.24, 2.45) is 5.92 Å². The monoisotopic (exact) mass is 354 g/mol. The Morgan fingerprint density at radius 1 is 1.12 bits per heavy atom. The van der Waals surface area contributed by atoms with Gasteiger partial charge in [0.2, 0.25) is 0 Å². The van der Waals surface area contributed by atoms with Crippen LogP contribution in [0.1, 0.15) is 52.0 Å². The maximum Gasteiger partial charge on any atom is 0.306 e. The van der Waals surface area contributed by atoms with Crippen LogP contribution in [0.5, 0.6) is 0 Å². The molecule has 24 heavy (non-hydrogen) atoms. The van der Waals surface area contributed by atoms with Gasteiger partial charge in [0.25, 0.3) is 0 Å². The molecular formula is C19H27ClO4. The molecule has 0 saturated carbocycles. The summed E-state index contributed by atoms with van der Waals surface area (Å²) in [4.78, 5) is 23.5. The SMILES string of the molecule is CCCC(OC(=O)CCC(=O)OCCc1ccccc1Cl)C(C)C. The van der Waals surface area contributed by atoms with Crippen molar-refractivity contribution in [3.63, 3.8) is 0 Å². The molecule has 0 aliphatic carbocycles. The highest BCUT2D eigenvalue weighted by atomic mass is 35.5. The smallest absolute Gasteiger partial charge is 0.306 e. The van der Waals surface area contributed by atoms with Crippen LogP contribution in [-0.2, 0) is 25.5 Å². The van der Waals surface area contributed by atoms with E-state index in [1.165, 1.54) is 0 Å². The van der Waals surface area contributed by atoms with Crippen LogP contribution in [0.2, 0.25) is 5.02 Å². The molecule has 0 saturated heterocycles. The molecule has 5 heteroatoms. The Labute approximate surface area is 149 Å². The Hall–Kier alpha value is -1.55. The van der Waals surface area contributed by atoms with Gasteiger partial charge in [-0.05, 0) is 24.0 Å². The maximum absolute atomic E-state index is 11.8. The number of benzene rings is 1. The number of carbonyl (C=O) groups is 2. The van der Waals surface area contributed by atoms with Gasteiger partial charge in [-0.2, -0.15) is 0 Å². The van der Waals surface area contributed by atoms with Crippen LogP contribution in [0.25, 0.3) is 0 Å². The van der Waals surface area contributed by atoms with Gasteiger partial charge in [0.1, 0.15) is 6.10 Å². The Morgan fingerprint density at radius 3 is 2.42 bits per heavy atom. The lowest BCUT2D eigenvalue weighted by atomic mass is 10.0. The first-order valence-electron chi connectivity index (χ1n) is 8.52. The topological polar surface area (TPSA) is 52.6 Å². The second-order valence-electron chi connectivity index (χ2n) is 6.12. The van der Waals surface area contributed by atoms with Crippen molar-refractivity contribution in [1.82, 2.24) is 0 Å². The van der Waals surface area contributed by atoms with E-state index in [4.69, 9.17) is 21.1 Å². The number of esters is 2. The molecule has 1 atom stereocenters. The average Bonchev–Trinajstić information content (AvgIpc) is 2.54. The van der Waals surface area contributed by atoms with Crippen LogP contribution >= 0.6 is 11.6 Å². The highest BCUT2D eigenvalue weighted by molar-refractivity contribution is 6.31. The summed E-state index contributed by atoms with van der Waals surface area (Å²) in [7, 11) is 0. The van der Waals surface area contributed by atoms with Gasteiger partial charge >= 0.3 is 11.9 Å². The molecule has 1 rings (SSSR count). The quantitative estimate of drug-likeness (QED) is 0.577. The van der Waals surface area contributed by atoms with Gasteiger partial charge in [-0.15, -0.1) is 0 Å². The first kappa shape index (κ1) is 20.5. The second kappa shape index (κ2) is 11.1. The molecule has 0 N–H and O–H groups in total. The fourth-order valence-corrected chi connectivity index (χ4v) is 2.52. The van der Waals surface area contributed by atoms with Crippen molar-refractivity contribution in [1.29, 1.82) is 0 Å². The third-order valence-electron chi connectivity index (χ3n) is 3.73. The number of carbonyl (C=O) groups excluding carboxylic acids is 2. The lowest BCUT2D eigenvalue weighted by Crippen LogP contribution is -2.24. The van der Waals surface area contributed by atoms with E-state index < -0.39 is 5.97 Å². The Kier molecular flexibility index (Phi) is 9.46. The molecule has 0 amide bonds. The number of hydrogen-bond acceptors (Lipinski definition) is 4. The van der Waals surface area contributed by atoms with Crippen molar-refractivity contribution < 1.29 is 19.1 Å². The van der Waals surface area contributed by atoms with Crippen LogP contribution in [0, 0.1) is 5.92 Å². The van der Waals surface area contributed by atoms with Gasteiger partial charge in [0.05, 0.1) is 19.4 Å². The molecule has 1 unspecified atom stereocenters. The Balaban J connectivity index is 2.25. The van der Waals surface area contributed by atoms with Crippen LogP contribution in [0.3, 0.4) is 0 Å². The van der Waals surface area contributed by atoms with Gasteiger partial charge in [0, 0.05) is 11.4 Å². The van der Waals surface area contributed by atoms with Crippen molar-refractivity contribution in [2.45, 2.75) is 59.0 Å². The van der Waals surface area contributed by atoms with E-state index in [-0.39, 0.29) is 37.4 Å². The zero-order valence-electron chi connectivity index (χ0n) is 14.7. The number of rotatable bonds is 10. The predicted octanol–water partition coefficient (Wildman–Crippen LogP) is 4.57. The molecule has 134 valence electrons. The number of ether oxygens (including phenoxy) is 2. The minimum Gasteiger partial charge on any atom is -0.465 e. The highest BCUT2D eigenvalue weighted by Crippen LogP contribution is 2.16. The number of halogens is 1. The molecule has 0 aliphatic heterocycles. The summed E-state index contributed by atoms with van der Waals surface area (Å²) in [5, 5.41) is 0.660. The molecule has 1 aromatic carbocycles. The summed E-state index contributed by atoms with van der Waals surface area (Å²) in [6.07, 6.45) is 2.36. The van der Waals surface area contributed by atoms with E-state index in [0.29, 0.717) is 11.4 Å². The molecule has 0 aliphatic rings. The van der Waals surface area contributed by atoms with Crippen molar-refractivity contribution in [3.05, 3.63) is 34.9 Å². The predicted molar refractivity (Wildman–Crippen MR) is 95.0 cm³/mol. The summed E-state index contributed by atoms with van der Waals surface area (Å²) < 4.78 is 10.6. The summed E-state index contributed by atoms with van der Waals surface area (Å²) in [6, 6.07) is 7.44. The largest absolute Gasteiger partial charge is 0.465 e. The standard InChI is InChI=1S/C19H27ClO4/c1-4-7-17(14(2)3)24-19(22)11-10-18(21)23-13-12-15-8-5-6-9-16(15)20/h5-6,8-9,14,17H,4,7,10-13H2,1-3H3. The van der Waals surface area contributed by atoms with E-state index in [2.05, 4.69) is 6.92 Å². The molecule has 0 aromatic heterocycles. The van der Waals surface area contributed by atoms with E-state index in [1.807, 2.05) is 32.0 Å². The van der Waals surface area contributed by atoms with E-state index in [9.17, 15) is 9.59 Å². The van der Waals surface area contributed by atoms with Crippen molar-refractivity contribution in [3.8, 4) is 0 Å². The normalized spacial score (nSPS) is 12.0. The summed E-state index contributed by atoms with van der Waals surface area (Å²) in [5.41, 5.74) is 0.936. The fourth-order valence-electron chi connectivity index (χ4n) is 2.29. The Morgan fingerprint density at radius 2 is 1.79 bits per heavy atom. The molecule has 1 aromatic rings. The van der Waals surface area contributed by atoms with E-state index >= 15 is 0 Å². The lowest BCUT2D eigenvalue weighted by molar-refractivity contribution is -0.155. The molecule has 0 heterocycles. The minimum absolute atomic E-state index is 0.0400. The van der Waals surface area contributed by atoms with E-state index in [1.54, 1.807) is 6.07 Å². The molecule has 0 radical (unpaired) electrons. The van der Waals surface area contributed by atoms with Crippen LogP contribution in [0.4, 0.5) is 0 Å². The average molecular weight is 355 g/mol. The van der Waals surface area contributed by atoms with Gasteiger partial charge in [-0.25, -0.2) is 0 Å². The fraction of sp³-hybridized carbons (Fsp3) is 0.579. The first-order valence-corrected chi connectivity index (χ1v) is 8.90. The molecule has 0 bridgehead atoms. The van der Waals surface area contributed by atoms with E-state index in [0.717, 1.165) is 18.4 Å². The molecule has 4 nitrogen and oxygen atoms in total. The minimum atomic E-state index is -0.393. The second-order valence-corrected chi connectivity index (χ2v) is 6.53. The van der Waals surface area contributed by atoms with Crippen LogP contribution in [-0.4, -0.2) is 24.6 Å². The van der Waals surface area contributed by atoms with Gasteiger partial charge in [0.15, 0.2) is 0 Å².